The van der Waals surface area contributed by atoms with Gasteiger partial charge in [-0.1, -0.05) is 12.1 Å². The van der Waals surface area contributed by atoms with Crippen LogP contribution in [-0.2, 0) is 11.2 Å². The molecule has 0 bridgehead atoms. The Morgan fingerprint density at radius 3 is 2.68 bits per heavy atom. The van der Waals surface area contributed by atoms with E-state index in [1.807, 2.05) is 19.1 Å². The molecule has 122 valence electrons. The van der Waals surface area contributed by atoms with Gasteiger partial charge in [0.25, 0.3) is 0 Å². The van der Waals surface area contributed by atoms with E-state index in [2.05, 4.69) is 17.0 Å². The molecule has 1 saturated heterocycles. The van der Waals surface area contributed by atoms with Crippen molar-refractivity contribution < 1.29 is 14.3 Å². The van der Waals surface area contributed by atoms with Crippen LogP contribution in [-0.4, -0.2) is 62.3 Å². The van der Waals surface area contributed by atoms with Crippen molar-refractivity contribution >= 4 is 6.09 Å². The van der Waals surface area contributed by atoms with Crippen LogP contribution in [0.3, 0.4) is 0 Å². The van der Waals surface area contributed by atoms with Gasteiger partial charge in [-0.25, -0.2) is 4.79 Å². The van der Waals surface area contributed by atoms with Crippen LogP contribution in [0.15, 0.2) is 24.3 Å². The first kappa shape index (κ1) is 16.6. The first-order valence-electron chi connectivity index (χ1n) is 8.00. The number of hydrogen-bond donors (Lipinski definition) is 0. The van der Waals surface area contributed by atoms with E-state index in [0.29, 0.717) is 6.61 Å². The number of carbonyl (C=O) groups excluding carboxylic acids is 1. The Morgan fingerprint density at radius 1 is 1.23 bits per heavy atom. The van der Waals surface area contributed by atoms with Gasteiger partial charge < -0.3 is 14.4 Å². The predicted molar refractivity (Wildman–Crippen MR) is 86.4 cm³/mol. The average molecular weight is 306 g/mol. The average Bonchev–Trinajstić information content (AvgIpc) is 2.56. The third-order valence-electron chi connectivity index (χ3n) is 3.97. The number of piperazine rings is 1. The van der Waals surface area contributed by atoms with Gasteiger partial charge in [-0.15, -0.1) is 0 Å². The van der Waals surface area contributed by atoms with E-state index in [4.69, 9.17) is 9.47 Å². The molecule has 1 aliphatic rings. The maximum absolute atomic E-state index is 11.6. The fourth-order valence-corrected chi connectivity index (χ4v) is 2.70. The summed E-state index contributed by atoms with van der Waals surface area (Å²) in [6.45, 7) is 6.73. The number of rotatable bonds is 6. The van der Waals surface area contributed by atoms with Gasteiger partial charge in [0.15, 0.2) is 0 Å². The largest absolute Gasteiger partial charge is 0.497 e. The zero-order valence-electron chi connectivity index (χ0n) is 13.6. The molecule has 1 fully saturated rings. The fraction of sp³-hybridized carbons (Fsp3) is 0.588. The summed E-state index contributed by atoms with van der Waals surface area (Å²) in [5, 5.41) is 0. The van der Waals surface area contributed by atoms with Crippen LogP contribution >= 0.6 is 0 Å². The molecule has 1 aliphatic heterocycles. The van der Waals surface area contributed by atoms with Gasteiger partial charge in [0.1, 0.15) is 5.75 Å². The van der Waals surface area contributed by atoms with Crippen LogP contribution in [0.5, 0.6) is 5.75 Å². The molecule has 0 aliphatic carbocycles. The van der Waals surface area contributed by atoms with Crippen molar-refractivity contribution in [2.75, 3.05) is 46.4 Å². The molecule has 0 saturated carbocycles. The van der Waals surface area contributed by atoms with Gasteiger partial charge in [0, 0.05) is 26.2 Å². The maximum Gasteiger partial charge on any atom is 0.409 e. The summed E-state index contributed by atoms with van der Waals surface area (Å²) in [7, 11) is 1.70. The van der Waals surface area contributed by atoms with Gasteiger partial charge in [0.05, 0.1) is 13.7 Å². The standard InChI is InChI=1S/C17H26N2O3/c1-3-22-17(20)19-12-10-18(11-13-19)9-5-7-15-6-4-8-16(14-15)21-2/h4,6,8,14H,3,5,7,9-13H2,1-2H3. The predicted octanol–water partition coefficient (Wildman–Crippen LogP) is 2.40. The van der Waals surface area contributed by atoms with Crippen molar-refractivity contribution in [2.45, 2.75) is 19.8 Å². The lowest BCUT2D eigenvalue weighted by Crippen LogP contribution is -2.49. The fourth-order valence-electron chi connectivity index (χ4n) is 2.70. The highest BCUT2D eigenvalue weighted by Gasteiger charge is 2.21. The Labute approximate surface area is 132 Å². The van der Waals surface area contributed by atoms with Gasteiger partial charge in [-0.2, -0.15) is 0 Å². The maximum atomic E-state index is 11.6. The third kappa shape index (κ3) is 4.91. The van der Waals surface area contributed by atoms with Gasteiger partial charge in [0.2, 0.25) is 0 Å². The van der Waals surface area contributed by atoms with Gasteiger partial charge >= 0.3 is 6.09 Å². The molecule has 2 rings (SSSR count). The summed E-state index contributed by atoms with van der Waals surface area (Å²) >= 11 is 0. The quantitative estimate of drug-likeness (QED) is 0.809. The zero-order chi connectivity index (χ0) is 15.8. The molecule has 0 atom stereocenters. The number of hydrogen-bond acceptors (Lipinski definition) is 4. The molecular weight excluding hydrogens is 280 g/mol. The van der Waals surface area contributed by atoms with Crippen molar-refractivity contribution in [3.05, 3.63) is 29.8 Å². The second-order valence-electron chi connectivity index (χ2n) is 5.48. The highest BCUT2D eigenvalue weighted by atomic mass is 16.6. The smallest absolute Gasteiger partial charge is 0.409 e. The lowest BCUT2D eigenvalue weighted by molar-refractivity contribution is 0.0794. The monoisotopic (exact) mass is 306 g/mol. The lowest BCUT2D eigenvalue weighted by atomic mass is 10.1. The van der Waals surface area contributed by atoms with Crippen LogP contribution in [0, 0.1) is 0 Å². The summed E-state index contributed by atoms with van der Waals surface area (Å²) < 4.78 is 10.3. The molecule has 0 N–H and O–H groups in total. The van der Waals surface area contributed by atoms with Crippen LogP contribution < -0.4 is 4.74 Å². The van der Waals surface area contributed by atoms with Crippen molar-refractivity contribution in [1.82, 2.24) is 9.80 Å². The minimum atomic E-state index is -0.182. The molecule has 5 heteroatoms. The Morgan fingerprint density at radius 2 is 2.00 bits per heavy atom. The molecule has 0 aromatic heterocycles. The van der Waals surface area contributed by atoms with Crippen molar-refractivity contribution in [1.29, 1.82) is 0 Å². The molecule has 1 aromatic rings. The highest BCUT2D eigenvalue weighted by molar-refractivity contribution is 5.67. The van der Waals surface area contributed by atoms with E-state index in [1.165, 1.54) is 5.56 Å². The number of nitrogens with zero attached hydrogens (tertiary/aromatic N) is 2. The minimum absolute atomic E-state index is 0.182. The summed E-state index contributed by atoms with van der Waals surface area (Å²) in [6.07, 6.45) is 1.99. The third-order valence-corrected chi connectivity index (χ3v) is 3.97. The van der Waals surface area contributed by atoms with E-state index in [1.54, 1.807) is 12.0 Å². The minimum Gasteiger partial charge on any atom is -0.497 e. The lowest BCUT2D eigenvalue weighted by Gasteiger charge is -2.34. The number of carbonyl (C=O) groups is 1. The van der Waals surface area contributed by atoms with E-state index >= 15 is 0 Å². The molecule has 1 amide bonds. The van der Waals surface area contributed by atoms with Crippen LogP contribution in [0.4, 0.5) is 4.79 Å². The summed E-state index contributed by atoms with van der Waals surface area (Å²) in [5.74, 6) is 0.917. The first-order chi connectivity index (χ1) is 10.7. The Balaban J connectivity index is 1.67. The number of methoxy groups -OCH3 is 1. The molecule has 1 heterocycles. The SMILES string of the molecule is CCOC(=O)N1CCN(CCCc2cccc(OC)c2)CC1. The number of amides is 1. The number of benzene rings is 1. The summed E-state index contributed by atoms with van der Waals surface area (Å²) in [4.78, 5) is 15.8. The highest BCUT2D eigenvalue weighted by Crippen LogP contribution is 2.14. The molecule has 1 aromatic carbocycles. The van der Waals surface area contributed by atoms with Gasteiger partial charge in [-0.3, -0.25) is 4.90 Å². The molecular formula is C17H26N2O3. The van der Waals surface area contributed by atoms with Crippen molar-refractivity contribution in [2.24, 2.45) is 0 Å². The molecule has 22 heavy (non-hydrogen) atoms. The van der Waals surface area contributed by atoms with Crippen LogP contribution in [0.1, 0.15) is 18.9 Å². The first-order valence-corrected chi connectivity index (χ1v) is 8.00. The van der Waals surface area contributed by atoms with Gasteiger partial charge in [-0.05, 0) is 44.0 Å². The molecule has 0 unspecified atom stereocenters. The second kappa shape index (κ2) is 8.63. The zero-order valence-corrected chi connectivity index (χ0v) is 13.6. The Bertz CT molecular complexity index is 471. The Hall–Kier alpha value is -1.75. The van der Waals surface area contributed by atoms with Crippen LogP contribution in [0.2, 0.25) is 0 Å². The summed E-state index contributed by atoms with van der Waals surface area (Å²) in [5.41, 5.74) is 1.31. The van der Waals surface area contributed by atoms with E-state index < -0.39 is 0 Å². The normalized spacial score (nSPS) is 15.6. The van der Waals surface area contributed by atoms with Crippen molar-refractivity contribution in [3.8, 4) is 5.75 Å². The van der Waals surface area contributed by atoms with E-state index in [-0.39, 0.29) is 6.09 Å². The van der Waals surface area contributed by atoms with Crippen molar-refractivity contribution in [3.63, 3.8) is 0 Å². The topological polar surface area (TPSA) is 42.0 Å². The van der Waals surface area contributed by atoms with E-state index in [0.717, 1.165) is 51.3 Å². The van der Waals surface area contributed by atoms with Crippen LogP contribution in [0.25, 0.3) is 0 Å². The molecule has 0 radical (unpaired) electrons. The van der Waals surface area contributed by atoms with E-state index in [9.17, 15) is 4.79 Å². The molecule has 5 nitrogen and oxygen atoms in total. The Kier molecular flexibility index (Phi) is 6.52. The number of ether oxygens (including phenoxy) is 2. The second-order valence-corrected chi connectivity index (χ2v) is 5.48. The number of aryl methyl sites for hydroxylation is 1. The molecule has 0 spiro atoms. The summed E-state index contributed by atoms with van der Waals surface area (Å²) in [6, 6.07) is 8.24.